The summed E-state index contributed by atoms with van der Waals surface area (Å²) in [6, 6.07) is 5.45. The molecule has 0 aliphatic carbocycles. The van der Waals surface area contributed by atoms with Gasteiger partial charge in [-0.1, -0.05) is 19.1 Å². The average molecular weight is 261 g/mol. The summed E-state index contributed by atoms with van der Waals surface area (Å²) in [5.41, 5.74) is -0.526. The summed E-state index contributed by atoms with van der Waals surface area (Å²) in [7, 11) is 0. The monoisotopic (exact) mass is 261 g/mol. The Morgan fingerprint density at radius 1 is 1.28 bits per heavy atom. The third-order valence-corrected chi connectivity index (χ3v) is 2.73. The fourth-order valence-corrected chi connectivity index (χ4v) is 1.65. The third-order valence-electron chi connectivity index (χ3n) is 2.73. The molecule has 0 radical (unpaired) electrons. The molecule has 0 aliphatic rings. The second-order valence-electron chi connectivity index (χ2n) is 4.40. The first-order valence-corrected chi connectivity index (χ1v) is 5.96. The molecule has 0 saturated heterocycles. The van der Waals surface area contributed by atoms with Gasteiger partial charge in [0.05, 0.1) is 5.56 Å². The zero-order valence-corrected chi connectivity index (χ0v) is 10.3. The minimum Gasteiger partial charge on any atom is -0.396 e. The van der Waals surface area contributed by atoms with Crippen molar-refractivity contribution >= 4 is 5.69 Å². The SMILES string of the molecule is CC(CO)CCCNc1ccccc1C(F)(F)F. The van der Waals surface area contributed by atoms with Crippen LogP contribution >= 0.6 is 0 Å². The Morgan fingerprint density at radius 3 is 2.56 bits per heavy atom. The predicted octanol–water partition coefficient (Wildman–Crippen LogP) is 3.53. The Bertz CT molecular complexity index is 365. The molecule has 0 aromatic heterocycles. The molecule has 5 heteroatoms. The van der Waals surface area contributed by atoms with Gasteiger partial charge in [-0.3, -0.25) is 0 Å². The Hall–Kier alpha value is -1.23. The number of hydrogen-bond acceptors (Lipinski definition) is 2. The van der Waals surface area contributed by atoms with Crippen molar-refractivity contribution in [3.63, 3.8) is 0 Å². The molecule has 1 aromatic carbocycles. The van der Waals surface area contributed by atoms with Gasteiger partial charge in [0.2, 0.25) is 0 Å². The largest absolute Gasteiger partial charge is 0.418 e. The smallest absolute Gasteiger partial charge is 0.396 e. The maximum atomic E-state index is 12.7. The molecule has 2 nitrogen and oxygen atoms in total. The Labute approximate surface area is 105 Å². The first-order chi connectivity index (χ1) is 8.45. The molecule has 0 saturated carbocycles. The lowest BCUT2D eigenvalue weighted by Crippen LogP contribution is -2.12. The van der Waals surface area contributed by atoms with Crippen molar-refractivity contribution in [2.45, 2.75) is 25.9 Å². The van der Waals surface area contributed by atoms with Crippen LogP contribution in [-0.4, -0.2) is 18.3 Å². The molecule has 1 atom stereocenters. The van der Waals surface area contributed by atoms with Crippen LogP contribution in [0.25, 0.3) is 0 Å². The Morgan fingerprint density at radius 2 is 1.94 bits per heavy atom. The van der Waals surface area contributed by atoms with E-state index >= 15 is 0 Å². The van der Waals surface area contributed by atoms with Gasteiger partial charge in [0.25, 0.3) is 0 Å². The standard InChI is InChI=1S/C13H18F3NO/c1-10(9-18)5-4-8-17-12-7-3-2-6-11(12)13(14,15)16/h2-3,6-7,10,17-18H,4-5,8-9H2,1H3. The molecule has 0 spiro atoms. The van der Waals surface area contributed by atoms with Gasteiger partial charge in [-0.2, -0.15) is 13.2 Å². The van der Waals surface area contributed by atoms with E-state index in [1.807, 2.05) is 6.92 Å². The Kier molecular flexibility index (Phi) is 5.47. The minimum absolute atomic E-state index is 0.110. The maximum Gasteiger partial charge on any atom is 0.418 e. The van der Waals surface area contributed by atoms with E-state index in [1.54, 1.807) is 6.07 Å². The van der Waals surface area contributed by atoms with E-state index < -0.39 is 11.7 Å². The number of hydrogen-bond donors (Lipinski definition) is 2. The number of nitrogens with one attached hydrogen (secondary N) is 1. The molecule has 0 aliphatic heterocycles. The molecule has 0 fully saturated rings. The van der Waals surface area contributed by atoms with Gasteiger partial charge >= 0.3 is 6.18 Å². The van der Waals surface area contributed by atoms with Crippen LogP contribution in [0.1, 0.15) is 25.3 Å². The number of aliphatic hydroxyl groups excluding tert-OH is 1. The lowest BCUT2D eigenvalue weighted by atomic mass is 10.1. The fourth-order valence-electron chi connectivity index (χ4n) is 1.65. The van der Waals surface area contributed by atoms with Gasteiger partial charge < -0.3 is 10.4 Å². The predicted molar refractivity (Wildman–Crippen MR) is 65.4 cm³/mol. The topological polar surface area (TPSA) is 32.3 Å². The van der Waals surface area contributed by atoms with Gasteiger partial charge in [-0.25, -0.2) is 0 Å². The summed E-state index contributed by atoms with van der Waals surface area (Å²) in [6.07, 6.45) is -2.81. The van der Waals surface area contributed by atoms with E-state index in [2.05, 4.69) is 5.32 Å². The van der Waals surface area contributed by atoms with Crippen molar-refractivity contribution < 1.29 is 18.3 Å². The van der Waals surface area contributed by atoms with Crippen LogP contribution in [0.2, 0.25) is 0 Å². The summed E-state index contributed by atoms with van der Waals surface area (Å²) < 4.78 is 38.0. The van der Waals surface area contributed by atoms with Crippen molar-refractivity contribution in [1.29, 1.82) is 0 Å². The van der Waals surface area contributed by atoms with E-state index in [1.165, 1.54) is 12.1 Å². The zero-order valence-electron chi connectivity index (χ0n) is 10.3. The highest BCUT2D eigenvalue weighted by molar-refractivity contribution is 5.52. The highest BCUT2D eigenvalue weighted by Crippen LogP contribution is 2.34. The van der Waals surface area contributed by atoms with Gasteiger partial charge in [0.15, 0.2) is 0 Å². The van der Waals surface area contributed by atoms with Crippen LogP contribution in [0.4, 0.5) is 18.9 Å². The molecule has 102 valence electrons. The van der Waals surface area contributed by atoms with Crippen LogP contribution in [0.5, 0.6) is 0 Å². The molecule has 0 heterocycles. The van der Waals surface area contributed by atoms with Gasteiger partial charge in [0.1, 0.15) is 0 Å². The Balaban J connectivity index is 2.52. The zero-order chi connectivity index (χ0) is 13.6. The number of halogens is 3. The number of aliphatic hydroxyl groups is 1. The van der Waals surface area contributed by atoms with E-state index in [4.69, 9.17) is 5.11 Å². The van der Waals surface area contributed by atoms with Crippen LogP contribution in [-0.2, 0) is 6.18 Å². The van der Waals surface area contributed by atoms with Crippen molar-refractivity contribution in [3.8, 4) is 0 Å². The molecule has 1 rings (SSSR count). The van der Waals surface area contributed by atoms with E-state index in [0.29, 0.717) is 6.54 Å². The highest BCUT2D eigenvalue weighted by Gasteiger charge is 2.32. The first-order valence-electron chi connectivity index (χ1n) is 5.96. The van der Waals surface area contributed by atoms with Crippen LogP contribution in [0.3, 0.4) is 0 Å². The summed E-state index contributed by atoms with van der Waals surface area (Å²) >= 11 is 0. The highest BCUT2D eigenvalue weighted by atomic mass is 19.4. The number of alkyl halides is 3. The summed E-state index contributed by atoms with van der Waals surface area (Å²) in [5.74, 6) is 0.185. The van der Waals surface area contributed by atoms with Gasteiger partial charge in [-0.05, 0) is 30.9 Å². The molecule has 1 aromatic rings. The number of para-hydroxylation sites is 1. The lowest BCUT2D eigenvalue weighted by molar-refractivity contribution is -0.136. The second-order valence-corrected chi connectivity index (χ2v) is 4.40. The molecule has 18 heavy (non-hydrogen) atoms. The van der Waals surface area contributed by atoms with Crippen molar-refractivity contribution in [3.05, 3.63) is 29.8 Å². The van der Waals surface area contributed by atoms with E-state index in [0.717, 1.165) is 18.9 Å². The third kappa shape index (κ3) is 4.56. The van der Waals surface area contributed by atoms with Crippen molar-refractivity contribution in [1.82, 2.24) is 0 Å². The average Bonchev–Trinajstić information content (AvgIpc) is 2.33. The van der Waals surface area contributed by atoms with Crippen LogP contribution < -0.4 is 5.32 Å². The van der Waals surface area contributed by atoms with Crippen LogP contribution in [0.15, 0.2) is 24.3 Å². The number of benzene rings is 1. The van der Waals surface area contributed by atoms with E-state index in [-0.39, 0.29) is 18.2 Å². The first kappa shape index (κ1) is 14.8. The molecular formula is C13H18F3NO. The molecule has 2 N–H and O–H groups in total. The molecule has 1 unspecified atom stereocenters. The fraction of sp³-hybridized carbons (Fsp3) is 0.538. The van der Waals surface area contributed by atoms with E-state index in [9.17, 15) is 13.2 Å². The van der Waals surface area contributed by atoms with Crippen molar-refractivity contribution in [2.24, 2.45) is 5.92 Å². The molecular weight excluding hydrogens is 243 g/mol. The minimum atomic E-state index is -4.33. The number of anilines is 1. The number of rotatable bonds is 6. The van der Waals surface area contributed by atoms with Gasteiger partial charge in [-0.15, -0.1) is 0 Å². The van der Waals surface area contributed by atoms with Gasteiger partial charge in [0, 0.05) is 18.8 Å². The normalized spacial score (nSPS) is 13.4. The second kappa shape index (κ2) is 6.64. The van der Waals surface area contributed by atoms with Crippen molar-refractivity contribution in [2.75, 3.05) is 18.5 Å². The summed E-state index contributed by atoms with van der Waals surface area (Å²) in [5, 5.41) is 11.6. The molecule has 0 amide bonds. The summed E-state index contributed by atoms with van der Waals surface area (Å²) in [4.78, 5) is 0. The molecule has 0 bridgehead atoms. The summed E-state index contributed by atoms with van der Waals surface area (Å²) in [6.45, 7) is 2.49. The maximum absolute atomic E-state index is 12.7. The lowest BCUT2D eigenvalue weighted by Gasteiger charge is -2.14. The quantitative estimate of drug-likeness (QED) is 0.768. The van der Waals surface area contributed by atoms with Crippen LogP contribution in [0, 0.1) is 5.92 Å².